The van der Waals surface area contributed by atoms with E-state index in [0.717, 1.165) is 11.8 Å². The molecule has 13 nitrogen and oxygen atoms in total. The predicted molar refractivity (Wildman–Crippen MR) is 103 cm³/mol. The van der Waals surface area contributed by atoms with Crippen molar-refractivity contribution in [3.05, 3.63) is 0 Å². The van der Waals surface area contributed by atoms with E-state index in [-0.39, 0.29) is 42.9 Å². The summed E-state index contributed by atoms with van der Waals surface area (Å²) >= 11 is 1.32. The summed E-state index contributed by atoms with van der Waals surface area (Å²) in [4.78, 5) is 73.1. The number of methoxy groups -OCH3 is 1. The first kappa shape index (κ1) is 28.0. The third-order valence-corrected chi connectivity index (χ3v) is 6.17. The Balaban J connectivity index is 0.000000564. The number of hydrogen-bond donors (Lipinski definition) is 5. The SMILES string of the molecule is CC(O)(CNC(=O)CCC(=O)O)P(=O)(O)O.COC(=O)CN1C(=O)CC(SC)C1=O. The summed E-state index contributed by atoms with van der Waals surface area (Å²) in [7, 11) is -3.52. The fourth-order valence-corrected chi connectivity index (χ4v) is 2.80. The topological polar surface area (TPSA) is 208 Å². The quantitative estimate of drug-likeness (QED) is 0.148. The molecule has 172 valence electrons. The molecule has 0 saturated carbocycles. The van der Waals surface area contributed by atoms with Crippen LogP contribution in [-0.4, -0.2) is 91.6 Å². The van der Waals surface area contributed by atoms with Crippen molar-refractivity contribution in [2.45, 2.75) is 36.8 Å². The van der Waals surface area contributed by atoms with Gasteiger partial charge in [-0.05, 0) is 13.2 Å². The second-order valence-electron chi connectivity index (χ2n) is 6.25. The normalized spacial score (nSPS) is 18.2. The molecule has 0 radical (unpaired) electrons. The van der Waals surface area contributed by atoms with Gasteiger partial charge in [0.2, 0.25) is 17.7 Å². The lowest BCUT2D eigenvalue weighted by Crippen LogP contribution is -2.40. The predicted octanol–water partition coefficient (Wildman–Crippen LogP) is -1.50. The van der Waals surface area contributed by atoms with Crippen LogP contribution in [0.5, 0.6) is 0 Å². The molecule has 0 aromatic carbocycles. The van der Waals surface area contributed by atoms with Gasteiger partial charge in [-0.25, -0.2) is 0 Å². The molecule has 15 heteroatoms. The van der Waals surface area contributed by atoms with Gasteiger partial charge in [0.05, 0.1) is 25.3 Å². The third-order valence-electron chi connectivity index (χ3n) is 3.82. The smallest absolute Gasteiger partial charge is 0.358 e. The number of aliphatic hydroxyl groups is 1. The summed E-state index contributed by atoms with van der Waals surface area (Å²) in [5.41, 5.74) is 0. The minimum absolute atomic E-state index is 0.178. The molecule has 0 bridgehead atoms. The van der Waals surface area contributed by atoms with E-state index in [2.05, 4.69) is 4.74 Å². The van der Waals surface area contributed by atoms with Crippen molar-refractivity contribution in [2.24, 2.45) is 0 Å². The maximum absolute atomic E-state index is 11.5. The molecule has 2 unspecified atom stereocenters. The Morgan fingerprint density at radius 1 is 1.30 bits per heavy atom. The molecule has 1 aliphatic heterocycles. The first-order chi connectivity index (χ1) is 13.7. The number of ether oxygens (including phenoxy) is 1. The van der Waals surface area contributed by atoms with Crippen molar-refractivity contribution < 1.29 is 53.3 Å². The van der Waals surface area contributed by atoms with Gasteiger partial charge in [0.25, 0.3) is 0 Å². The maximum atomic E-state index is 11.5. The van der Waals surface area contributed by atoms with E-state index in [4.69, 9.17) is 14.9 Å². The van der Waals surface area contributed by atoms with E-state index in [1.807, 2.05) is 5.32 Å². The Kier molecular flexibility index (Phi) is 11.2. The fourth-order valence-electron chi connectivity index (χ4n) is 1.87. The lowest BCUT2D eigenvalue weighted by Gasteiger charge is -2.24. The molecule has 0 aromatic heterocycles. The molecule has 1 heterocycles. The van der Waals surface area contributed by atoms with Gasteiger partial charge in [-0.2, -0.15) is 11.8 Å². The van der Waals surface area contributed by atoms with Crippen molar-refractivity contribution >= 4 is 49.0 Å². The third kappa shape index (κ3) is 9.22. The van der Waals surface area contributed by atoms with Gasteiger partial charge < -0.3 is 30.1 Å². The molecule has 1 fully saturated rings. The zero-order valence-corrected chi connectivity index (χ0v) is 18.3. The summed E-state index contributed by atoms with van der Waals surface area (Å²) < 4.78 is 15.1. The highest BCUT2D eigenvalue weighted by Crippen LogP contribution is 2.47. The minimum atomic E-state index is -4.74. The zero-order valence-electron chi connectivity index (χ0n) is 16.6. The molecule has 30 heavy (non-hydrogen) atoms. The molecule has 0 spiro atoms. The van der Waals surface area contributed by atoms with Crippen molar-refractivity contribution in [1.29, 1.82) is 0 Å². The van der Waals surface area contributed by atoms with Gasteiger partial charge in [-0.15, -0.1) is 0 Å². The fraction of sp³-hybridized carbons (Fsp3) is 0.667. The van der Waals surface area contributed by atoms with Gasteiger partial charge >= 0.3 is 19.5 Å². The number of rotatable bonds is 9. The van der Waals surface area contributed by atoms with Gasteiger partial charge in [-0.3, -0.25) is 33.4 Å². The van der Waals surface area contributed by atoms with E-state index >= 15 is 0 Å². The molecule has 3 amide bonds. The van der Waals surface area contributed by atoms with Gasteiger partial charge in [0, 0.05) is 12.8 Å². The lowest BCUT2D eigenvalue weighted by molar-refractivity contribution is -0.150. The highest BCUT2D eigenvalue weighted by molar-refractivity contribution is 8.00. The van der Waals surface area contributed by atoms with Gasteiger partial charge in [0.15, 0.2) is 5.34 Å². The average molecular weight is 472 g/mol. The summed E-state index contributed by atoms with van der Waals surface area (Å²) in [5, 5.41) is 16.9. The number of hydrogen-bond acceptors (Lipinski definition) is 9. The number of nitrogens with zero attached hydrogens (tertiary/aromatic N) is 1. The number of esters is 1. The molecule has 0 aromatic rings. The summed E-state index contributed by atoms with van der Waals surface area (Å²) in [6, 6.07) is 0. The van der Waals surface area contributed by atoms with Crippen LogP contribution in [-0.2, 0) is 33.3 Å². The largest absolute Gasteiger partial charge is 0.481 e. The Hall–Kier alpha value is -1.99. The second kappa shape index (κ2) is 12.0. The maximum Gasteiger partial charge on any atom is 0.358 e. The minimum Gasteiger partial charge on any atom is -0.481 e. The first-order valence-corrected chi connectivity index (χ1v) is 11.3. The summed E-state index contributed by atoms with van der Waals surface area (Å²) in [6.45, 7) is -0.0355. The number of likely N-dealkylation sites (tertiary alicyclic amines) is 1. The number of thioether (sulfide) groups is 1. The Bertz CT molecular complexity index is 721. The summed E-state index contributed by atoms with van der Waals surface area (Å²) in [6.07, 6.45) is 1.24. The van der Waals surface area contributed by atoms with Crippen molar-refractivity contribution in [3.8, 4) is 0 Å². The van der Waals surface area contributed by atoms with Crippen LogP contribution in [0.3, 0.4) is 0 Å². The van der Waals surface area contributed by atoms with Crippen molar-refractivity contribution in [3.63, 3.8) is 0 Å². The van der Waals surface area contributed by atoms with Crippen molar-refractivity contribution in [2.75, 3.05) is 26.5 Å². The van der Waals surface area contributed by atoms with Crippen LogP contribution >= 0.6 is 19.4 Å². The Morgan fingerprint density at radius 3 is 2.27 bits per heavy atom. The number of aliphatic carboxylic acids is 1. The van der Waals surface area contributed by atoms with Crippen LogP contribution in [0.25, 0.3) is 0 Å². The van der Waals surface area contributed by atoms with Crippen LogP contribution in [0.2, 0.25) is 0 Å². The molecule has 2 atom stereocenters. The summed E-state index contributed by atoms with van der Waals surface area (Å²) in [5.74, 6) is -3.03. The standard InChI is InChI=1S/C8H11NO4S.C7H14NO7P/c1-13-7(11)4-9-6(10)3-5(14-2)8(9)12;1-7(12,16(13,14)15)4-8-5(9)2-3-6(10)11/h5H,3-4H2,1-2H3;12H,2-4H2,1H3,(H,8,9)(H,10,11)(H2,13,14,15). The van der Waals surface area contributed by atoms with E-state index < -0.39 is 37.3 Å². The number of carbonyl (C=O) groups excluding carboxylic acids is 4. The first-order valence-electron chi connectivity index (χ1n) is 8.36. The van der Waals surface area contributed by atoms with Gasteiger partial charge in [-0.1, -0.05) is 0 Å². The van der Waals surface area contributed by atoms with Crippen LogP contribution in [0.1, 0.15) is 26.2 Å². The van der Waals surface area contributed by atoms with E-state index in [0.29, 0.717) is 0 Å². The van der Waals surface area contributed by atoms with E-state index in [9.17, 15) is 33.6 Å². The van der Waals surface area contributed by atoms with Crippen molar-refractivity contribution in [1.82, 2.24) is 10.2 Å². The molecule has 1 saturated heterocycles. The number of carboxylic acids is 1. The number of amides is 3. The number of carboxylic acid groups (broad SMARTS) is 1. The number of carbonyl (C=O) groups is 5. The van der Waals surface area contributed by atoms with E-state index in [1.54, 1.807) is 6.26 Å². The van der Waals surface area contributed by atoms with E-state index in [1.165, 1.54) is 18.9 Å². The second-order valence-corrected chi connectivity index (χ2v) is 9.35. The Labute approximate surface area is 176 Å². The Morgan fingerprint density at radius 2 is 1.87 bits per heavy atom. The van der Waals surface area contributed by atoms with Crippen LogP contribution in [0, 0.1) is 0 Å². The number of nitrogens with one attached hydrogen (secondary N) is 1. The molecule has 5 N–H and O–H groups in total. The average Bonchev–Trinajstić information content (AvgIpc) is 2.91. The molecule has 1 aliphatic rings. The van der Waals surface area contributed by atoms with Crippen LogP contribution < -0.4 is 5.32 Å². The monoisotopic (exact) mass is 472 g/mol. The number of imide groups is 1. The highest BCUT2D eigenvalue weighted by atomic mass is 32.2. The lowest BCUT2D eigenvalue weighted by atomic mass is 10.3. The molecular formula is C15H25N2O11PS. The molecule has 0 aliphatic carbocycles. The highest BCUT2D eigenvalue weighted by Gasteiger charge is 2.40. The van der Waals surface area contributed by atoms with Crippen LogP contribution in [0.15, 0.2) is 0 Å². The molecule has 1 rings (SSSR count). The molecular weight excluding hydrogens is 447 g/mol. The van der Waals surface area contributed by atoms with Crippen LogP contribution in [0.4, 0.5) is 0 Å². The van der Waals surface area contributed by atoms with Gasteiger partial charge in [0.1, 0.15) is 6.54 Å². The zero-order chi connectivity index (χ0) is 23.7.